The second kappa shape index (κ2) is 9.57. The molecule has 1 aromatic carbocycles. The highest BCUT2D eigenvalue weighted by Gasteiger charge is 2.29. The van der Waals surface area contributed by atoms with Crippen LogP contribution in [-0.2, 0) is 14.9 Å². The average Bonchev–Trinajstić information content (AvgIpc) is 3.45. The number of methoxy groups -OCH3 is 1. The van der Waals surface area contributed by atoms with E-state index in [9.17, 15) is 22.7 Å². The summed E-state index contributed by atoms with van der Waals surface area (Å²) < 4.78 is 48.2. The molecule has 1 aliphatic heterocycles. The van der Waals surface area contributed by atoms with Gasteiger partial charge in [0.1, 0.15) is 22.9 Å². The van der Waals surface area contributed by atoms with Crippen molar-refractivity contribution in [3.63, 3.8) is 0 Å². The van der Waals surface area contributed by atoms with Crippen LogP contribution in [0.1, 0.15) is 34.9 Å². The van der Waals surface area contributed by atoms with E-state index in [0.29, 0.717) is 17.8 Å². The summed E-state index contributed by atoms with van der Waals surface area (Å²) in [6.45, 7) is 0.934. The van der Waals surface area contributed by atoms with Gasteiger partial charge in [-0.05, 0) is 43.2 Å². The standard InChI is InChI=1S/C22H26FN5O5S/c1-26(10-11-33-2)34(31,32)25-22(30)19-13-24-21-8-6-16(14-28(19)21)27-9-3-4-18(27)17-12-15(23)5-7-20(17)29/h5-8,12-14,18,29H,3-4,9-11H2,1-2H3,(H,25,30). The molecule has 0 saturated carbocycles. The third-order valence-electron chi connectivity index (χ3n) is 5.90. The molecule has 1 amide bonds. The Morgan fingerprint density at radius 2 is 2.15 bits per heavy atom. The molecule has 12 heteroatoms. The first kappa shape index (κ1) is 23.9. The number of amides is 1. The zero-order valence-electron chi connectivity index (χ0n) is 18.8. The summed E-state index contributed by atoms with van der Waals surface area (Å²) >= 11 is 0. The smallest absolute Gasteiger partial charge is 0.303 e. The molecule has 3 aromatic rings. The number of carbonyl (C=O) groups is 1. The van der Waals surface area contributed by atoms with Gasteiger partial charge in [-0.1, -0.05) is 0 Å². The Morgan fingerprint density at radius 1 is 1.35 bits per heavy atom. The van der Waals surface area contributed by atoms with Crippen molar-refractivity contribution in [2.75, 3.05) is 38.8 Å². The van der Waals surface area contributed by atoms with Gasteiger partial charge in [-0.3, -0.25) is 9.20 Å². The number of rotatable bonds is 8. The molecular weight excluding hydrogens is 465 g/mol. The van der Waals surface area contributed by atoms with Crippen LogP contribution in [0, 0.1) is 5.82 Å². The van der Waals surface area contributed by atoms with Crippen LogP contribution in [0.3, 0.4) is 0 Å². The Morgan fingerprint density at radius 3 is 2.91 bits per heavy atom. The fraction of sp³-hybridized carbons (Fsp3) is 0.364. The van der Waals surface area contributed by atoms with Gasteiger partial charge in [0, 0.05) is 39.0 Å². The number of nitrogens with zero attached hydrogens (tertiary/aromatic N) is 4. The summed E-state index contributed by atoms with van der Waals surface area (Å²) in [6.07, 6.45) is 4.55. The molecule has 2 N–H and O–H groups in total. The van der Waals surface area contributed by atoms with E-state index in [2.05, 4.69) is 9.71 Å². The third kappa shape index (κ3) is 4.69. The van der Waals surface area contributed by atoms with Gasteiger partial charge < -0.3 is 14.7 Å². The van der Waals surface area contributed by atoms with Crippen molar-refractivity contribution >= 4 is 27.5 Å². The van der Waals surface area contributed by atoms with Crippen molar-refractivity contribution in [3.05, 3.63) is 59.8 Å². The average molecular weight is 492 g/mol. The van der Waals surface area contributed by atoms with Crippen LogP contribution in [0.25, 0.3) is 5.65 Å². The Hall–Kier alpha value is -3.22. The Labute approximate surface area is 196 Å². The van der Waals surface area contributed by atoms with Crippen LogP contribution in [0.5, 0.6) is 5.75 Å². The van der Waals surface area contributed by atoms with Crippen molar-refractivity contribution in [1.29, 1.82) is 0 Å². The molecule has 0 radical (unpaired) electrons. The number of anilines is 1. The Balaban J connectivity index is 1.62. The van der Waals surface area contributed by atoms with Crippen molar-refractivity contribution in [3.8, 4) is 5.75 Å². The first-order valence-electron chi connectivity index (χ1n) is 10.7. The van der Waals surface area contributed by atoms with E-state index in [1.54, 1.807) is 12.3 Å². The number of phenolic OH excluding ortho intramolecular Hbond substituents is 1. The summed E-state index contributed by atoms with van der Waals surface area (Å²) in [5.74, 6) is -1.24. The fourth-order valence-electron chi connectivity index (χ4n) is 4.09. The van der Waals surface area contributed by atoms with Crippen LogP contribution in [0.15, 0.2) is 42.7 Å². The number of imidazole rings is 1. The zero-order valence-corrected chi connectivity index (χ0v) is 19.6. The summed E-state index contributed by atoms with van der Waals surface area (Å²) in [7, 11) is -1.27. The quantitative estimate of drug-likeness (QED) is 0.496. The first-order valence-corrected chi connectivity index (χ1v) is 12.1. The molecule has 3 heterocycles. The molecule has 4 rings (SSSR count). The summed E-state index contributed by atoms with van der Waals surface area (Å²) in [5.41, 5.74) is 1.73. The largest absolute Gasteiger partial charge is 0.508 e. The number of likely N-dealkylation sites (N-methyl/N-ethyl adjacent to an activating group) is 1. The minimum atomic E-state index is -4.07. The minimum absolute atomic E-state index is 0.0184. The molecule has 0 bridgehead atoms. The number of fused-ring (bicyclic) bond motifs is 1. The van der Waals surface area contributed by atoms with E-state index in [1.165, 1.54) is 43.0 Å². The van der Waals surface area contributed by atoms with Crippen LogP contribution in [-0.4, -0.2) is 67.0 Å². The maximum Gasteiger partial charge on any atom is 0.303 e. The van der Waals surface area contributed by atoms with Crippen LogP contribution >= 0.6 is 0 Å². The highest BCUT2D eigenvalue weighted by atomic mass is 32.2. The summed E-state index contributed by atoms with van der Waals surface area (Å²) in [6, 6.07) is 7.18. The number of halogens is 1. The number of phenols is 1. The summed E-state index contributed by atoms with van der Waals surface area (Å²) in [4.78, 5) is 19.0. The molecule has 10 nitrogen and oxygen atoms in total. The molecule has 1 aliphatic rings. The van der Waals surface area contributed by atoms with E-state index in [1.807, 2.05) is 11.0 Å². The van der Waals surface area contributed by atoms with Crippen molar-refractivity contribution < 1.29 is 27.4 Å². The molecule has 2 aromatic heterocycles. The molecule has 1 atom stereocenters. The van der Waals surface area contributed by atoms with E-state index in [0.717, 1.165) is 22.8 Å². The van der Waals surface area contributed by atoms with Gasteiger partial charge in [0.05, 0.1) is 24.5 Å². The number of hydrogen-bond acceptors (Lipinski definition) is 7. The lowest BCUT2D eigenvalue weighted by atomic mass is 10.0. The van der Waals surface area contributed by atoms with Crippen molar-refractivity contribution in [2.24, 2.45) is 0 Å². The van der Waals surface area contributed by atoms with Crippen LogP contribution in [0.4, 0.5) is 10.1 Å². The maximum absolute atomic E-state index is 13.9. The molecule has 1 unspecified atom stereocenters. The minimum Gasteiger partial charge on any atom is -0.508 e. The number of pyridine rings is 1. The summed E-state index contributed by atoms with van der Waals surface area (Å²) in [5, 5.41) is 10.3. The van der Waals surface area contributed by atoms with Gasteiger partial charge in [0.2, 0.25) is 0 Å². The lowest BCUT2D eigenvalue weighted by Gasteiger charge is -2.28. The monoisotopic (exact) mass is 491 g/mol. The number of nitrogens with one attached hydrogen (secondary N) is 1. The van der Waals surface area contributed by atoms with Gasteiger partial charge >= 0.3 is 10.2 Å². The van der Waals surface area contributed by atoms with E-state index < -0.39 is 21.9 Å². The second-order valence-electron chi connectivity index (χ2n) is 8.06. The van der Waals surface area contributed by atoms with Gasteiger partial charge in [-0.2, -0.15) is 12.7 Å². The number of ether oxygens (including phenoxy) is 1. The maximum atomic E-state index is 13.9. The predicted molar refractivity (Wildman–Crippen MR) is 123 cm³/mol. The van der Waals surface area contributed by atoms with Crippen LogP contribution in [0.2, 0.25) is 0 Å². The number of aromatic hydroxyl groups is 1. The van der Waals surface area contributed by atoms with Gasteiger partial charge in [-0.15, -0.1) is 0 Å². The fourth-order valence-corrected chi connectivity index (χ4v) is 4.90. The molecule has 1 fully saturated rings. The number of hydrogen-bond donors (Lipinski definition) is 2. The van der Waals surface area contributed by atoms with Gasteiger partial charge in [0.15, 0.2) is 0 Å². The molecular formula is C22H26FN5O5S. The third-order valence-corrected chi connectivity index (χ3v) is 7.34. The molecule has 0 aliphatic carbocycles. The Kier molecular flexibility index (Phi) is 6.73. The van der Waals surface area contributed by atoms with E-state index in [-0.39, 0.29) is 30.6 Å². The normalized spacial score (nSPS) is 16.5. The van der Waals surface area contributed by atoms with E-state index in [4.69, 9.17) is 4.74 Å². The highest BCUT2D eigenvalue weighted by Crippen LogP contribution is 2.39. The lowest BCUT2D eigenvalue weighted by molar-refractivity contribution is 0.0973. The molecule has 182 valence electrons. The second-order valence-corrected chi connectivity index (χ2v) is 9.84. The van der Waals surface area contributed by atoms with Gasteiger partial charge in [-0.25, -0.2) is 14.1 Å². The molecule has 0 spiro atoms. The number of aromatic nitrogens is 2. The number of carbonyl (C=O) groups excluding carboxylic acids is 1. The zero-order chi connectivity index (χ0) is 24.5. The molecule has 34 heavy (non-hydrogen) atoms. The SMILES string of the molecule is COCCN(C)S(=O)(=O)NC(=O)c1cnc2ccc(N3CCCC3c3cc(F)ccc3O)cn12. The Bertz CT molecular complexity index is 1310. The predicted octanol–water partition coefficient (Wildman–Crippen LogP) is 2.07. The van der Waals surface area contributed by atoms with Crippen LogP contribution < -0.4 is 9.62 Å². The molecule has 1 saturated heterocycles. The van der Waals surface area contributed by atoms with Crippen molar-refractivity contribution in [1.82, 2.24) is 18.4 Å². The van der Waals surface area contributed by atoms with Gasteiger partial charge in [0.25, 0.3) is 5.91 Å². The first-order chi connectivity index (χ1) is 16.2. The topological polar surface area (TPSA) is 116 Å². The lowest BCUT2D eigenvalue weighted by Crippen LogP contribution is -2.43. The van der Waals surface area contributed by atoms with E-state index >= 15 is 0 Å². The van der Waals surface area contributed by atoms with Crippen molar-refractivity contribution in [2.45, 2.75) is 18.9 Å². The highest BCUT2D eigenvalue weighted by molar-refractivity contribution is 7.87. The number of benzene rings is 1.